The Morgan fingerprint density at radius 2 is 1.96 bits per heavy atom. The lowest BCUT2D eigenvalue weighted by molar-refractivity contribution is -0.384. The summed E-state index contributed by atoms with van der Waals surface area (Å²) >= 11 is 0. The Balaban J connectivity index is 2.90. The van der Waals surface area contributed by atoms with E-state index in [4.69, 9.17) is 9.47 Å². The van der Waals surface area contributed by atoms with Crippen LogP contribution in [0.5, 0.6) is 0 Å². The van der Waals surface area contributed by atoms with Crippen LogP contribution >= 0.6 is 0 Å². The first-order valence-corrected chi connectivity index (χ1v) is 7.55. The zero-order valence-electron chi connectivity index (χ0n) is 14.3. The van der Waals surface area contributed by atoms with Crippen LogP contribution in [0, 0.1) is 10.1 Å². The lowest BCUT2D eigenvalue weighted by Gasteiger charge is -2.19. The van der Waals surface area contributed by atoms with E-state index < -0.39 is 22.5 Å². The van der Waals surface area contributed by atoms with Crippen LogP contribution in [0.25, 0.3) is 0 Å². The average Bonchev–Trinajstić information content (AvgIpc) is 2.45. The number of nitrogens with zero attached hydrogens (tertiary/aromatic N) is 1. The fourth-order valence-electron chi connectivity index (χ4n) is 1.83. The van der Waals surface area contributed by atoms with E-state index in [0.29, 0.717) is 0 Å². The van der Waals surface area contributed by atoms with Crippen molar-refractivity contribution in [1.82, 2.24) is 0 Å². The third-order valence-corrected chi connectivity index (χ3v) is 2.78. The Bertz CT molecular complexity index is 621. The highest BCUT2D eigenvalue weighted by Crippen LogP contribution is 2.26. The summed E-state index contributed by atoms with van der Waals surface area (Å²) in [6.07, 6.45) is 0.0572. The van der Waals surface area contributed by atoms with E-state index in [-0.39, 0.29) is 36.5 Å². The molecule has 8 nitrogen and oxygen atoms in total. The zero-order valence-corrected chi connectivity index (χ0v) is 14.3. The fourth-order valence-corrected chi connectivity index (χ4v) is 1.83. The number of hydrogen-bond donors (Lipinski definition) is 1. The molecule has 0 amide bonds. The molecule has 1 rings (SSSR count). The van der Waals surface area contributed by atoms with Crippen molar-refractivity contribution < 1.29 is 24.0 Å². The molecule has 24 heavy (non-hydrogen) atoms. The number of nitrogens with one attached hydrogen (secondary N) is 1. The average molecular weight is 338 g/mol. The molecule has 0 heterocycles. The van der Waals surface area contributed by atoms with Gasteiger partial charge in [0.2, 0.25) is 0 Å². The van der Waals surface area contributed by atoms with Crippen LogP contribution in [-0.2, 0) is 14.3 Å². The second-order valence-corrected chi connectivity index (χ2v) is 5.97. The highest BCUT2D eigenvalue weighted by atomic mass is 16.6. The standard InChI is InChI=1S/C16H22N2O6/c1-5-23-14(19)8-9-17-12-10-11(6-7-13(12)18(21)22)15(20)24-16(2,3)4/h6-7,10,17H,5,8-9H2,1-4H3. The molecular formula is C16H22N2O6. The molecule has 0 spiro atoms. The van der Waals surface area contributed by atoms with Crippen LogP contribution in [0.4, 0.5) is 11.4 Å². The normalized spacial score (nSPS) is 10.8. The Morgan fingerprint density at radius 1 is 1.29 bits per heavy atom. The van der Waals surface area contributed by atoms with E-state index in [1.807, 2.05) is 0 Å². The van der Waals surface area contributed by atoms with Crippen LogP contribution in [0.15, 0.2) is 18.2 Å². The van der Waals surface area contributed by atoms with Gasteiger partial charge >= 0.3 is 11.9 Å². The maximum absolute atomic E-state index is 12.1. The summed E-state index contributed by atoms with van der Waals surface area (Å²) in [5, 5.41) is 13.9. The minimum atomic E-state index is -0.670. The minimum Gasteiger partial charge on any atom is -0.466 e. The molecule has 0 aromatic heterocycles. The first kappa shape index (κ1) is 19.4. The van der Waals surface area contributed by atoms with Gasteiger partial charge < -0.3 is 14.8 Å². The van der Waals surface area contributed by atoms with E-state index in [9.17, 15) is 19.7 Å². The first-order valence-electron chi connectivity index (χ1n) is 7.55. The number of esters is 2. The molecule has 0 fully saturated rings. The fraction of sp³-hybridized carbons (Fsp3) is 0.500. The predicted molar refractivity (Wildman–Crippen MR) is 88.0 cm³/mol. The molecule has 0 unspecified atom stereocenters. The summed E-state index contributed by atoms with van der Waals surface area (Å²) in [7, 11) is 0. The summed E-state index contributed by atoms with van der Waals surface area (Å²) < 4.78 is 10.0. The molecule has 132 valence electrons. The van der Waals surface area contributed by atoms with Gasteiger partial charge in [0.25, 0.3) is 5.69 Å². The molecule has 0 radical (unpaired) electrons. The van der Waals surface area contributed by atoms with Crippen molar-refractivity contribution in [3.05, 3.63) is 33.9 Å². The Morgan fingerprint density at radius 3 is 2.50 bits per heavy atom. The molecule has 0 saturated carbocycles. The monoisotopic (exact) mass is 338 g/mol. The molecular weight excluding hydrogens is 316 g/mol. The molecule has 0 aliphatic rings. The largest absolute Gasteiger partial charge is 0.466 e. The summed E-state index contributed by atoms with van der Waals surface area (Å²) in [6, 6.07) is 3.91. The first-order chi connectivity index (χ1) is 11.1. The number of carbonyl (C=O) groups is 2. The predicted octanol–water partition coefficient (Wildman–Crippen LogP) is 2.92. The molecule has 0 saturated heterocycles. The highest BCUT2D eigenvalue weighted by Gasteiger charge is 2.21. The van der Waals surface area contributed by atoms with Gasteiger partial charge in [0.1, 0.15) is 11.3 Å². The smallest absolute Gasteiger partial charge is 0.338 e. The lowest BCUT2D eigenvalue weighted by Crippen LogP contribution is -2.24. The summed E-state index contributed by atoms with van der Waals surface area (Å²) in [6.45, 7) is 7.31. The summed E-state index contributed by atoms with van der Waals surface area (Å²) in [5.41, 5.74) is -0.524. The number of rotatable bonds is 7. The Labute approximate surface area is 140 Å². The van der Waals surface area contributed by atoms with Crippen LogP contribution in [-0.4, -0.2) is 35.6 Å². The Hall–Kier alpha value is -2.64. The summed E-state index contributed by atoms with van der Waals surface area (Å²) in [4.78, 5) is 33.9. The Kier molecular flexibility index (Phi) is 6.69. The second-order valence-electron chi connectivity index (χ2n) is 5.97. The van der Waals surface area contributed by atoms with Gasteiger partial charge in [-0.2, -0.15) is 0 Å². The quantitative estimate of drug-likeness (QED) is 0.462. The molecule has 0 aliphatic heterocycles. The van der Waals surface area contributed by atoms with Crippen molar-refractivity contribution in [3.8, 4) is 0 Å². The molecule has 1 aromatic rings. The van der Waals surface area contributed by atoms with E-state index in [2.05, 4.69) is 5.32 Å². The van der Waals surface area contributed by atoms with Crippen molar-refractivity contribution in [2.75, 3.05) is 18.5 Å². The molecule has 1 N–H and O–H groups in total. The minimum absolute atomic E-state index is 0.0572. The molecule has 8 heteroatoms. The van der Waals surface area contributed by atoms with Gasteiger partial charge in [0.05, 0.1) is 23.5 Å². The number of benzene rings is 1. The van der Waals surface area contributed by atoms with Crippen molar-refractivity contribution in [2.45, 2.75) is 39.7 Å². The SMILES string of the molecule is CCOC(=O)CCNc1cc(C(=O)OC(C)(C)C)ccc1[N+](=O)[O-]. The lowest BCUT2D eigenvalue weighted by atomic mass is 10.1. The van der Waals surface area contributed by atoms with Gasteiger partial charge in [-0.3, -0.25) is 14.9 Å². The number of ether oxygens (including phenoxy) is 2. The molecule has 0 bridgehead atoms. The molecule has 0 aliphatic carbocycles. The van der Waals surface area contributed by atoms with Crippen molar-refractivity contribution in [2.24, 2.45) is 0 Å². The van der Waals surface area contributed by atoms with Crippen LogP contribution in [0.2, 0.25) is 0 Å². The van der Waals surface area contributed by atoms with Crippen LogP contribution in [0.3, 0.4) is 0 Å². The number of hydrogen-bond acceptors (Lipinski definition) is 7. The number of nitro benzene ring substituents is 1. The summed E-state index contributed by atoms with van der Waals surface area (Å²) in [5.74, 6) is -0.984. The van der Waals surface area contributed by atoms with E-state index in [1.54, 1.807) is 27.7 Å². The van der Waals surface area contributed by atoms with Gasteiger partial charge in [-0.25, -0.2) is 4.79 Å². The van der Waals surface area contributed by atoms with E-state index in [1.165, 1.54) is 18.2 Å². The van der Waals surface area contributed by atoms with Gasteiger partial charge in [-0.15, -0.1) is 0 Å². The van der Waals surface area contributed by atoms with E-state index in [0.717, 1.165) is 0 Å². The third kappa shape index (κ3) is 6.23. The van der Waals surface area contributed by atoms with Gasteiger partial charge in [-0.05, 0) is 39.8 Å². The maximum atomic E-state index is 12.1. The van der Waals surface area contributed by atoms with Crippen molar-refractivity contribution in [3.63, 3.8) is 0 Å². The van der Waals surface area contributed by atoms with Gasteiger partial charge in [0.15, 0.2) is 0 Å². The van der Waals surface area contributed by atoms with E-state index >= 15 is 0 Å². The topological polar surface area (TPSA) is 108 Å². The van der Waals surface area contributed by atoms with Crippen molar-refractivity contribution >= 4 is 23.3 Å². The van der Waals surface area contributed by atoms with Gasteiger partial charge in [-0.1, -0.05) is 0 Å². The molecule has 1 aromatic carbocycles. The second kappa shape index (κ2) is 8.28. The van der Waals surface area contributed by atoms with Gasteiger partial charge in [0, 0.05) is 12.6 Å². The third-order valence-electron chi connectivity index (χ3n) is 2.78. The molecule has 0 atom stereocenters. The number of anilines is 1. The number of nitro groups is 1. The number of carbonyl (C=O) groups excluding carboxylic acids is 2. The zero-order chi connectivity index (χ0) is 18.3. The highest BCUT2D eigenvalue weighted by molar-refractivity contribution is 5.92. The van der Waals surface area contributed by atoms with Crippen molar-refractivity contribution in [1.29, 1.82) is 0 Å². The van der Waals surface area contributed by atoms with Crippen LogP contribution < -0.4 is 5.32 Å². The van der Waals surface area contributed by atoms with Crippen LogP contribution in [0.1, 0.15) is 44.5 Å². The maximum Gasteiger partial charge on any atom is 0.338 e.